The van der Waals surface area contributed by atoms with Gasteiger partial charge in [-0.25, -0.2) is 0 Å². The summed E-state index contributed by atoms with van der Waals surface area (Å²) in [5.41, 5.74) is -0.883. The second kappa shape index (κ2) is 6.56. The highest BCUT2D eigenvalue weighted by atomic mass is 19.4. The average Bonchev–Trinajstić information content (AvgIpc) is 2.43. The van der Waals surface area contributed by atoms with Crippen LogP contribution in [0.25, 0.3) is 0 Å². The maximum atomic E-state index is 12.8. The van der Waals surface area contributed by atoms with E-state index in [9.17, 15) is 18.0 Å². The monoisotopic (exact) mass is 317 g/mol. The molecule has 2 rings (SSSR count). The molecular formula is C15H18F3NO3. The Balaban J connectivity index is 2.00. The second-order valence-corrected chi connectivity index (χ2v) is 5.34. The van der Waals surface area contributed by atoms with Gasteiger partial charge in [0.15, 0.2) is 6.61 Å². The van der Waals surface area contributed by atoms with Gasteiger partial charge in [-0.2, -0.15) is 13.2 Å². The van der Waals surface area contributed by atoms with E-state index in [4.69, 9.17) is 9.47 Å². The highest BCUT2D eigenvalue weighted by molar-refractivity contribution is 5.78. The van der Waals surface area contributed by atoms with Gasteiger partial charge in [0.05, 0.1) is 17.8 Å². The van der Waals surface area contributed by atoms with E-state index in [2.05, 4.69) is 0 Å². The molecule has 0 aliphatic carbocycles. The van der Waals surface area contributed by atoms with Crippen LogP contribution < -0.4 is 4.74 Å². The SMILES string of the molecule is CC1CN(C(=O)COc2ccccc2C(F)(F)F)CC(C)O1. The van der Waals surface area contributed by atoms with Crippen LogP contribution in [0.4, 0.5) is 13.2 Å². The highest BCUT2D eigenvalue weighted by Crippen LogP contribution is 2.35. The predicted molar refractivity (Wildman–Crippen MR) is 73.5 cm³/mol. The van der Waals surface area contributed by atoms with Gasteiger partial charge in [0.2, 0.25) is 0 Å². The number of halogens is 3. The lowest BCUT2D eigenvalue weighted by molar-refractivity contribution is -0.147. The number of rotatable bonds is 3. The van der Waals surface area contributed by atoms with Gasteiger partial charge in [0.1, 0.15) is 5.75 Å². The van der Waals surface area contributed by atoms with E-state index in [0.29, 0.717) is 13.1 Å². The van der Waals surface area contributed by atoms with Crippen LogP contribution >= 0.6 is 0 Å². The number of hydrogen-bond acceptors (Lipinski definition) is 3. The highest BCUT2D eigenvalue weighted by Gasteiger charge is 2.34. The van der Waals surface area contributed by atoms with Gasteiger partial charge in [-0.1, -0.05) is 12.1 Å². The number of benzene rings is 1. The van der Waals surface area contributed by atoms with Gasteiger partial charge in [0.25, 0.3) is 5.91 Å². The number of ether oxygens (including phenoxy) is 2. The maximum absolute atomic E-state index is 12.8. The van der Waals surface area contributed by atoms with Crippen molar-refractivity contribution in [2.75, 3.05) is 19.7 Å². The summed E-state index contributed by atoms with van der Waals surface area (Å²) in [5, 5.41) is 0. The molecular weight excluding hydrogens is 299 g/mol. The third kappa shape index (κ3) is 4.13. The molecule has 1 aromatic carbocycles. The first-order chi connectivity index (χ1) is 10.3. The number of carbonyl (C=O) groups excluding carboxylic acids is 1. The van der Waals surface area contributed by atoms with Crippen molar-refractivity contribution in [2.45, 2.75) is 32.2 Å². The fraction of sp³-hybridized carbons (Fsp3) is 0.533. The van der Waals surface area contributed by atoms with Crippen molar-refractivity contribution in [1.82, 2.24) is 4.90 Å². The summed E-state index contributed by atoms with van der Waals surface area (Å²) in [4.78, 5) is 13.6. The second-order valence-electron chi connectivity index (χ2n) is 5.34. The largest absolute Gasteiger partial charge is 0.483 e. The molecule has 22 heavy (non-hydrogen) atoms. The molecule has 1 amide bonds. The van der Waals surface area contributed by atoms with Crippen LogP contribution in [0, 0.1) is 0 Å². The molecule has 0 spiro atoms. The minimum atomic E-state index is -4.51. The number of carbonyl (C=O) groups is 1. The van der Waals surface area contributed by atoms with Crippen molar-refractivity contribution in [2.24, 2.45) is 0 Å². The zero-order chi connectivity index (χ0) is 16.3. The van der Waals surface area contributed by atoms with E-state index >= 15 is 0 Å². The van der Waals surface area contributed by atoms with Crippen molar-refractivity contribution in [3.63, 3.8) is 0 Å². The van der Waals surface area contributed by atoms with Crippen molar-refractivity contribution >= 4 is 5.91 Å². The molecule has 1 aliphatic heterocycles. The normalized spacial score (nSPS) is 22.5. The molecule has 0 bridgehead atoms. The molecule has 0 saturated carbocycles. The van der Waals surface area contributed by atoms with E-state index in [1.54, 1.807) is 4.90 Å². The zero-order valence-electron chi connectivity index (χ0n) is 12.4. The zero-order valence-corrected chi connectivity index (χ0v) is 12.4. The lowest BCUT2D eigenvalue weighted by atomic mass is 10.2. The number of nitrogens with zero attached hydrogens (tertiary/aromatic N) is 1. The average molecular weight is 317 g/mol. The van der Waals surface area contributed by atoms with Crippen LogP contribution in [0.3, 0.4) is 0 Å². The summed E-state index contributed by atoms with van der Waals surface area (Å²) in [6, 6.07) is 4.86. The van der Waals surface area contributed by atoms with Gasteiger partial charge in [-0.3, -0.25) is 4.79 Å². The lowest BCUT2D eigenvalue weighted by Crippen LogP contribution is -2.49. The standard InChI is InChI=1S/C15H18F3NO3/c1-10-7-19(8-11(2)22-10)14(20)9-21-13-6-4-3-5-12(13)15(16,17)18/h3-6,10-11H,7-9H2,1-2H3. The van der Waals surface area contributed by atoms with Gasteiger partial charge in [-0.05, 0) is 26.0 Å². The van der Waals surface area contributed by atoms with Crippen LogP contribution in [0.5, 0.6) is 5.75 Å². The third-order valence-electron chi connectivity index (χ3n) is 3.32. The Labute approximate surface area is 126 Å². The van der Waals surface area contributed by atoms with Gasteiger partial charge in [-0.15, -0.1) is 0 Å². The molecule has 1 aromatic rings. The van der Waals surface area contributed by atoms with Crippen molar-refractivity contribution in [1.29, 1.82) is 0 Å². The minimum absolute atomic E-state index is 0.102. The molecule has 0 radical (unpaired) electrons. The molecule has 122 valence electrons. The van der Waals surface area contributed by atoms with Crippen LogP contribution in [0.15, 0.2) is 24.3 Å². The molecule has 7 heteroatoms. The molecule has 1 saturated heterocycles. The number of hydrogen-bond donors (Lipinski definition) is 0. The van der Waals surface area contributed by atoms with Gasteiger partial charge >= 0.3 is 6.18 Å². The summed E-state index contributed by atoms with van der Waals surface area (Å²) >= 11 is 0. The van der Waals surface area contributed by atoms with E-state index in [1.807, 2.05) is 13.8 Å². The van der Waals surface area contributed by atoms with Gasteiger partial charge < -0.3 is 14.4 Å². The Morgan fingerprint density at radius 2 is 1.86 bits per heavy atom. The molecule has 4 nitrogen and oxygen atoms in total. The third-order valence-corrected chi connectivity index (χ3v) is 3.32. The Bertz CT molecular complexity index is 523. The van der Waals surface area contributed by atoms with Crippen LogP contribution in [0.1, 0.15) is 19.4 Å². The molecule has 1 aliphatic rings. The van der Waals surface area contributed by atoms with Crippen LogP contribution in [0.2, 0.25) is 0 Å². The number of amides is 1. The van der Waals surface area contributed by atoms with Gasteiger partial charge in [0, 0.05) is 13.1 Å². The quantitative estimate of drug-likeness (QED) is 0.860. The Kier molecular flexibility index (Phi) is 4.95. The van der Waals surface area contributed by atoms with E-state index in [1.165, 1.54) is 18.2 Å². The molecule has 0 aromatic heterocycles. The summed E-state index contributed by atoms with van der Waals surface area (Å²) in [5.74, 6) is -0.684. The Hall–Kier alpha value is -1.76. The Morgan fingerprint density at radius 3 is 2.45 bits per heavy atom. The molecule has 1 fully saturated rings. The number of para-hydroxylation sites is 1. The summed E-state index contributed by atoms with van der Waals surface area (Å²) in [6.07, 6.45) is -4.72. The maximum Gasteiger partial charge on any atom is 0.419 e. The number of morpholine rings is 1. The number of alkyl halides is 3. The van der Waals surface area contributed by atoms with Crippen molar-refractivity contribution < 1.29 is 27.4 Å². The van der Waals surface area contributed by atoms with Crippen molar-refractivity contribution in [3.05, 3.63) is 29.8 Å². The van der Waals surface area contributed by atoms with Crippen molar-refractivity contribution in [3.8, 4) is 5.75 Å². The molecule has 1 heterocycles. The van der Waals surface area contributed by atoms with E-state index in [0.717, 1.165) is 6.07 Å². The predicted octanol–water partition coefficient (Wildman–Crippen LogP) is 2.72. The molecule has 2 atom stereocenters. The topological polar surface area (TPSA) is 38.8 Å². The lowest BCUT2D eigenvalue weighted by Gasteiger charge is -2.35. The summed E-state index contributed by atoms with van der Waals surface area (Å²) < 4.78 is 49.1. The summed E-state index contributed by atoms with van der Waals surface area (Å²) in [7, 11) is 0. The first-order valence-corrected chi connectivity index (χ1v) is 6.99. The fourth-order valence-electron chi connectivity index (χ4n) is 2.44. The minimum Gasteiger partial charge on any atom is -0.483 e. The first kappa shape index (κ1) is 16.6. The molecule has 2 unspecified atom stereocenters. The Morgan fingerprint density at radius 1 is 1.27 bits per heavy atom. The van der Waals surface area contributed by atoms with E-state index in [-0.39, 0.29) is 23.9 Å². The smallest absolute Gasteiger partial charge is 0.419 e. The van der Waals surface area contributed by atoms with Crippen LogP contribution in [-0.2, 0) is 15.7 Å². The fourth-order valence-corrected chi connectivity index (χ4v) is 2.44. The molecule has 0 N–H and O–H groups in total. The summed E-state index contributed by atoms with van der Waals surface area (Å²) in [6.45, 7) is 4.08. The van der Waals surface area contributed by atoms with Crippen LogP contribution in [-0.4, -0.2) is 42.7 Å². The van der Waals surface area contributed by atoms with E-state index < -0.39 is 18.3 Å². The first-order valence-electron chi connectivity index (χ1n) is 6.99.